The van der Waals surface area contributed by atoms with Crippen molar-refractivity contribution in [3.05, 3.63) is 0 Å². The van der Waals surface area contributed by atoms with Crippen LogP contribution < -0.4 is 10.5 Å². The third-order valence-electron chi connectivity index (χ3n) is 3.01. The van der Waals surface area contributed by atoms with Crippen molar-refractivity contribution in [2.45, 2.75) is 51.1 Å². The molecule has 2 atom stereocenters. The van der Waals surface area contributed by atoms with E-state index in [9.17, 15) is 13.2 Å². The fraction of sp³-hybridized carbons (Fsp3) is 0.909. The Hall–Kier alpha value is -0.660. The number of ether oxygens (including phenoxy) is 1. The highest BCUT2D eigenvalue weighted by atomic mass is 32.2. The number of rotatable bonds is 5. The van der Waals surface area contributed by atoms with Crippen molar-refractivity contribution in [1.82, 2.24) is 4.72 Å². The molecule has 0 aromatic heterocycles. The largest absolute Gasteiger partial charge is 0.465 e. The lowest BCUT2D eigenvalue weighted by atomic mass is 10.1. The maximum absolute atomic E-state index is 11.8. The summed E-state index contributed by atoms with van der Waals surface area (Å²) in [6, 6.07) is -0.448. The molecule has 0 radical (unpaired) electrons. The Labute approximate surface area is 108 Å². The lowest BCUT2D eigenvalue weighted by Crippen LogP contribution is -2.48. The van der Waals surface area contributed by atoms with Crippen LogP contribution in [-0.2, 0) is 19.6 Å². The Morgan fingerprint density at radius 2 is 2.00 bits per heavy atom. The molecule has 0 amide bonds. The van der Waals surface area contributed by atoms with Crippen molar-refractivity contribution in [2.24, 2.45) is 5.73 Å². The molecule has 3 N–H and O–H groups in total. The maximum Gasteiger partial charge on any atom is 0.322 e. The van der Waals surface area contributed by atoms with Crippen molar-refractivity contribution in [1.29, 1.82) is 0 Å². The van der Waals surface area contributed by atoms with Gasteiger partial charge in [-0.25, -0.2) is 13.1 Å². The third-order valence-corrected chi connectivity index (χ3v) is 4.29. The standard InChI is InChI=1S/C11H22N2O4S/c1-2-17-11(14)8-18(15,16)13-10-7-5-3-4-6-9(10)12/h9-10,13H,2-8,12H2,1H3. The molecule has 0 aromatic rings. The van der Waals surface area contributed by atoms with Gasteiger partial charge in [0, 0.05) is 12.1 Å². The molecule has 6 nitrogen and oxygen atoms in total. The maximum atomic E-state index is 11.8. The summed E-state index contributed by atoms with van der Waals surface area (Å²) in [7, 11) is -3.66. The molecule has 7 heteroatoms. The summed E-state index contributed by atoms with van der Waals surface area (Å²) < 4.78 is 30.7. The molecular weight excluding hydrogens is 256 g/mol. The summed E-state index contributed by atoms with van der Waals surface area (Å²) in [5.74, 6) is -1.36. The third kappa shape index (κ3) is 5.32. The first kappa shape index (κ1) is 15.4. The lowest BCUT2D eigenvalue weighted by Gasteiger charge is -2.22. The Morgan fingerprint density at radius 3 is 2.67 bits per heavy atom. The van der Waals surface area contributed by atoms with Gasteiger partial charge in [0.1, 0.15) is 0 Å². The second kappa shape index (κ2) is 7.06. The van der Waals surface area contributed by atoms with Gasteiger partial charge in [-0.2, -0.15) is 0 Å². The van der Waals surface area contributed by atoms with Gasteiger partial charge >= 0.3 is 5.97 Å². The second-order valence-electron chi connectivity index (χ2n) is 4.59. The van der Waals surface area contributed by atoms with Crippen molar-refractivity contribution >= 4 is 16.0 Å². The fourth-order valence-electron chi connectivity index (χ4n) is 2.11. The zero-order valence-electron chi connectivity index (χ0n) is 10.7. The molecule has 106 valence electrons. The summed E-state index contributed by atoms with van der Waals surface area (Å²) in [5.41, 5.74) is 5.93. The first-order valence-electron chi connectivity index (χ1n) is 6.36. The first-order valence-corrected chi connectivity index (χ1v) is 8.01. The van der Waals surface area contributed by atoms with E-state index in [2.05, 4.69) is 9.46 Å². The van der Waals surface area contributed by atoms with Crippen LogP contribution in [0.4, 0.5) is 0 Å². The summed E-state index contributed by atoms with van der Waals surface area (Å²) in [6.07, 6.45) is 4.59. The van der Waals surface area contributed by atoms with Crippen molar-refractivity contribution in [3.8, 4) is 0 Å². The van der Waals surface area contributed by atoms with E-state index >= 15 is 0 Å². The molecule has 0 saturated heterocycles. The van der Waals surface area contributed by atoms with Gasteiger partial charge in [-0.1, -0.05) is 19.3 Å². The van der Waals surface area contributed by atoms with E-state index in [-0.39, 0.29) is 18.7 Å². The van der Waals surface area contributed by atoms with E-state index in [1.165, 1.54) is 0 Å². The van der Waals surface area contributed by atoms with Gasteiger partial charge in [0.2, 0.25) is 10.0 Å². The van der Waals surface area contributed by atoms with Gasteiger partial charge < -0.3 is 10.5 Å². The van der Waals surface area contributed by atoms with Gasteiger partial charge in [-0.15, -0.1) is 0 Å². The average molecular weight is 278 g/mol. The molecule has 1 aliphatic rings. The molecule has 1 rings (SSSR count). The highest BCUT2D eigenvalue weighted by Crippen LogP contribution is 2.17. The minimum Gasteiger partial charge on any atom is -0.465 e. The van der Waals surface area contributed by atoms with Crippen LogP contribution in [-0.4, -0.2) is 38.8 Å². The average Bonchev–Trinajstić information content (AvgIpc) is 2.43. The lowest BCUT2D eigenvalue weighted by molar-refractivity contribution is -0.139. The molecule has 0 bridgehead atoms. The van der Waals surface area contributed by atoms with Gasteiger partial charge in [0.15, 0.2) is 5.75 Å². The van der Waals surface area contributed by atoms with Crippen molar-refractivity contribution in [2.75, 3.05) is 12.4 Å². The van der Waals surface area contributed by atoms with E-state index in [1.54, 1.807) is 6.92 Å². The normalized spacial score (nSPS) is 25.4. The van der Waals surface area contributed by atoms with Crippen molar-refractivity contribution < 1.29 is 17.9 Å². The smallest absolute Gasteiger partial charge is 0.322 e. The van der Waals surface area contributed by atoms with E-state index in [0.29, 0.717) is 0 Å². The van der Waals surface area contributed by atoms with Crippen LogP contribution in [0.2, 0.25) is 0 Å². The molecule has 1 aliphatic carbocycles. The van der Waals surface area contributed by atoms with Gasteiger partial charge in [-0.3, -0.25) is 4.79 Å². The minimum absolute atomic E-state index is 0.176. The number of carbonyl (C=O) groups excluding carboxylic acids is 1. The monoisotopic (exact) mass is 278 g/mol. The molecule has 1 saturated carbocycles. The molecular formula is C11H22N2O4S. The van der Waals surface area contributed by atoms with E-state index in [1.807, 2.05) is 0 Å². The van der Waals surface area contributed by atoms with Crippen molar-refractivity contribution in [3.63, 3.8) is 0 Å². The molecule has 0 spiro atoms. The molecule has 18 heavy (non-hydrogen) atoms. The minimum atomic E-state index is -3.66. The summed E-state index contributed by atoms with van der Waals surface area (Å²) >= 11 is 0. The highest BCUT2D eigenvalue weighted by Gasteiger charge is 2.26. The van der Waals surface area contributed by atoms with Crippen LogP contribution in [0.15, 0.2) is 0 Å². The highest BCUT2D eigenvalue weighted by molar-refractivity contribution is 7.90. The number of esters is 1. The number of hydrogen-bond donors (Lipinski definition) is 2. The summed E-state index contributed by atoms with van der Waals surface area (Å²) in [5, 5.41) is 0. The predicted octanol–water partition coefficient (Wildman–Crippen LogP) is 0.129. The molecule has 0 aromatic carbocycles. The molecule has 0 heterocycles. The molecule has 0 aliphatic heterocycles. The number of nitrogens with one attached hydrogen (secondary N) is 1. The Morgan fingerprint density at radius 1 is 1.33 bits per heavy atom. The zero-order valence-corrected chi connectivity index (χ0v) is 11.5. The van der Waals surface area contributed by atoms with Crippen LogP contribution >= 0.6 is 0 Å². The Bertz CT molecular complexity index is 369. The van der Waals surface area contributed by atoms with Crippen LogP contribution in [0.5, 0.6) is 0 Å². The van der Waals surface area contributed by atoms with Crippen LogP contribution in [0.1, 0.15) is 39.0 Å². The topological polar surface area (TPSA) is 98.5 Å². The van der Waals surface area contributed by atoms with E-state index in [0.717, 1.165) is 32.1 Å². The molecule has 2 unspecified atom stereocenters. The number of nitrogens with two attached hydrogens (primary N) is 1. The number of hydrogen-bond acceptors (Lipinski definition) is 5. The summed E-state index contributed by atoms with van der Waals surface area (Å²) in [4.78, 5) is 11.2. The van der Waals surface area contributed by atoms with Gasteiger partial charge in [0.25, 0.3) is 0 Å². The van der Waals surface area contributed by atoms with E-state index in [4.69, 9.17) is 5.73 Å². The van der Waals surface area contributed by atoms with Crippen LogP contribution in [0.3, 0.4) is 0 Å². The first-order chi connectivity index (χ1) is 8.44. The fourth-order valence-corrected chi connectivity index (χ4v) is 3.34. The number of sulfonamides is 1. The Balaban J connectivity index is 2.55. The SMILES string of the molecule is CCOC(=O)CS(=O)(=O)NC1CCCCCC1N. The zero-order chi connectivity index (χ0) is 13.6. The number of carbonyl (C=O) groups is 1. The van der Waals surface area contributed by atoms with Gasteiger partial charge in [0.05, 0.1) is 6.61 Å². The van der Waals surface area contributed by atoms with Crippen LogP contribution in [0, 0.1) is 0 Å². The molecule has 1 fully saturated rings. The summed E-state index contributed by atoms with van der Waals surface area (Å²) in [6.45, 7) is 1.82. The quantitative estimate of drug-likeness (QED) is 0.550. The van der Waals surface area contributed by atoms with Gasteiger partial charge in [-0.05, 0) is 19.8 Å². The van der Waals surface area contributed by atoms with E-state index < -0.39 is 21.7 Å². The predicted molar refractivity (Wildman–Crippen MR) is 68.4 cm³/mol. The van der Waals surface area contributed by atoms with Crippen LogP contribution in [0.25, 0.3) is 0 Å². The Kier molecular flexibility index (Phi) is 6.04. The second-order valence-corrected chi connectivity index (χ2v) is 6.34.